The first-order valence-corrected chi connectivity index (χ1v) is 6.58. The minimum absolute atomic E-state index is 0.0593. The zero-order chi connectivity index (χ0) is 12.4. The molecule has 0 atom stereocenters. The Morgan fingerprint density at radius 1 is 1.65 bits per heavy atom. The second-order valence-corrected chi connectivity index (χ2v) is 5.67. The van der Waals surface area contributed by atoms with Crippen molar-refractivity contribution in [2.75, 3.05) is 6.61 Å². The highest BCUT2D eigenvalue weighted by atomic mass is 79.9. The Labute approximate surface area is 110 Å². The standard InChI is InChI=1S/C10H10BrN3O2S/c1-3-16-10(15)9-12-8(13-14-9)6-4-5(2)7(11)17-6/h4H,3H2,1-2H3,(H,12,13,14). The lowest BCUT2D eigenvalue weighted by Gasteiger charge is -1.94. The lowest BCUT2D eigenvalue weighted by atomic mass is 10.3. The summed E-state index contributed by atoms with van der Waals surface area (Å²) in [5.74, 6) is 0.123. The number of hydrogen-bond donors (Lipinski definition) is 1. The summed E-state index contributed by atoms with van der Waals surface area (Å²) in [7, 11) is 0. The third-order valence-electron chi connectivity index (χ3n) is 2.03. The number of esters is 1. The molecule has 0 aliphatic heterocycles. The molecule has 0 aliphatic carbocycles. The fourth-order valence-electron chi connectivity index (χ4n) is 1.24. The lowest BCUT2D eigenvalue weighted by Crippen LogP contribution is -2.06. The van der Waals surface area contributed by atoms with Gasteiger partial charge in [0.1, 0.15) is 0 Å². The van der Waals surface area contributed by atoms with Crippen LogP contribution < -0.4 is 0 Å². The normalized spacial score (nSPS) is 10.5. The molecule has 0 spiro atoms. The van der Waals surface area contributed by atoms with E-state index in [9.17, 15) is 4.79 Å². The molecule has 0 saturated heterocycles. The van der Waals surface area contributed by atoms with E-state index >= 15 is 0 Å². The van der Waals surface area contributed by atoms with Crippen molar-refractivity contribution < 1.29 is 9.53 Å². The van der Waals surface area contributed by atoms with Gasteiger partial charge in [0, 0.05) is 0 Å². The van der Waals surface area contributed by atoms with Gasteiger partial charge in [0.2, 0.25) is 0 Å². The van der Waals surface area contributed by atoms with Crippen LogP contribution in [0.15, 0.2) is 9.85 Å². The van der Waals surface area contributed by atoms with E-state index < -0.39 is 5.97 Å². The fraction of sp³-hybridized carbons (Fsp3) is 0.300. The second-order valence-electron chi connectivity index (χ2n) is 3.30. The maximum Gasteiger partial charge on any atom is 0.378 e. The van der Waals surface area contributed by atoms with E-state index in [1.807, 2.05) is 13.0 Å². The number of nitrogens with zero attached hydrogens (tertiary/aromatic N) is 2. The zero-order valence-electron chi connectivity index (χ0n) is 9.28. The molecule has 0 aliphatic rings. The van der Waals surface area contributed by atoms with E-state index in [4.69, 9.17) is 4.74 Å². The number of H-pyrrole nitrogens is 1. The Balaban J connectivity index is 2.26. The number of aryl methyl sites for hydroxylation is 1. The molecule has 0 bridgehead atoms. The summed E-state index contributed by atoms with van der Waals surface area (Å²) < 4.78 is 5.86. The smallest absolute Gasteiger partial charge is 0.378 e. The molecular formula is C10H10BrN3O2S. The fourth-order valence-corrected chi connectivity index (χ4v) is 2.71. The maximum atomic E-state index is 11.4. The first kappa shape index (κ1) is 12.3. The van der Waals surface area contributed by atoms with Crippen molar-refractivity contribution in [1.29, 1.82) is 0 Å². The van der Waals surface area contributed by atoms with E-state index in [0.717, 1.165) is 14.2 Å². The van der Waals surface area contributed by atoms with Crippen LogP contribution in [0.25, 0.3) is 10.7 Å². The maximum absolute atomic E-state index is 11.4. The number of ether oxygens (including phenoxy) is 1. The first-order chi connectivity index (χ1) is 8.11. The molecule has 0 radical (unpaired) electrons. The van der Waals surface area contributed by atoms with Crippen molar-refractivity contribution in [2.24, 2.45) is 0 Å². The summed E-state index contributed by atoms with van der Waals surface area (Å²) in [6, 6.07) is 1.98. The van der Waals surface area contributed by atoms with Crippen molar-refractivity contribution in [3.8, 4) is 10.7 Å². The van der Waals surface area contributed by atoms with Gasteiger partial charge in [-0.2, -0.15) is 0 Å². The van der Waals surface area contributed by atoms with Gasteiger partial charge in [0.15, 0.2) is 5.82 Å². The van der Waals surface area contributed by atoms with Crippen LogP contribution in [0.1, 0.15) is 23.1 Å². The lowest BCUT2D eigenvalue weighted by molar-refractivity contribution is 0.0512. The van der Waals surface area contributed by atoms with Gasteiger partial charge in [-0.25, -0.2) is 9.78 Å². The highest BCUT2D eigenvalue weighted by Gasteiger charge is 2.15. The Morgan fingerprint density at radius 3 is 3.00 bits per heavy atom. The van der Waals surface area contributed by atoms with Crippen LogP contribution in [0.3, 0.4) is 0 Å². The average molecular weight is 316 g/mol. The predicted molar refractivity (Wildman–Crippen MR) is 68.1 cm³/mol. The van der Waals surface area contributed by atoms with Gasteiger partial charge in [0.05, 0.1) is 15.3 Å². The molecule has 7 heteroatoms. The summed E-state index contributed by atoms with van der Waals surface area (Å²) in [5, 5.41) is 6.56. The average Bonchev–Trinajstić information content (AvgIpc) is 2.87. The third-order valence-corrected chi connectivity index (χ3v) is 4.18. The number of nitrogens with one attached hydrogen (secondary N) is 1. The largest absolute Gasteiger partial charge is 0.460 e. The van der Waals surface area contributed by atoms with Crippen LogP contribution in [-0.2, 0) is 4.74 Å². The van der Waals surface area contributed by atoms with Gasteiger partial charge in [-0.1, -0.05) is 0 Å². The molecule has 0 aromatic carbocycles. The van der Waals surface area contributed by atoms with Crippen molar-refractivity contribution in [1.82, 2.24) is 15.2 Å². The number of carbonyl (C=O) groups is 1. The molecule has 0 amide bonds. The number of halogens is 1. The van der Waals surface area contributed by atoms with Crippen molar-refractivity contribution >= 4 is 33.2 Å². The minimum Gasteiger partial charge on any atom is -0.460 e. The number of thiophene rings is 1. The number of aromatic amines is 1. The summed E-state index contributed by atoms with van der Waals surface area (Å²) in [5.41, 5.74) is 1.12. The van der Waals surface area contributed by atoms with Gasteiger partial charge < -0.3 is 4.74 Å². The molecule has 2 aromatic heterocycles. The molecular weight excluding hydrogens is 306 g/mol. The molecule has 90 valence electrons. The summed E-state index contributed by atoms with van der Waals surface area (Å²) in [6.07, 6.45) is 0. The molecule has 2 aromatic rings. The van der Waals surface area contributed by atoms with E-state index in [0.29, 0.717) is 12.4 Å². The topological polar surface area (TPSA) is 67.9 Å². The highest BCUT2D eigenvalue weighted by Crippen LogP contribution is 2.32. The van der Waals surface area contributed by atoms with Crippen molar-refractivity contribution in [3.05, 3.63) is 21.2 Å². The van der Waals surface area contributed by atoms with E-state index in [1.165, 1.54) is 11.3 Å². The van der Waals surface area contributed by atoms with Crippen LogP contribution in [0.4, 0.5) is 0 Å². The molecule has 17 heavy (non-hydrogen) atoms. The number of aromatic nitrogens is 3. The van der Waals surface area contributed by atoms with Gasteiger partial charge >= 0.3 is 5.97 Å². The molecule has 2 rings (SSSR count). The van der Waals surface area contributed by atoms with Gasteiger partial charge in [0.25, 0.3) is 5.82 Å². The van der Waals surface area contributed by atoms with Gasteiger partial charge in [-0.15, -0.1) is 16.4 Å². The quantitative estimate of drug-likeness (QED) is 0.884. The highest BCUT2D eigenvalue weighted by molar-refractivity contribution is 9.11. The summed E-state index contributed by atoms with van der Waals surface area (Å²) in [6.45, 7) is 4.05. The molecule has 1 N–H and O–H groups in total. The number of carbonyl (C=O) groups excluding carboxylic acids is 1. The van der Waals surface area contributed by atoms with E-state index in [2.05, 4.69) is 31.1 Å². The van der Waals surface area contributed by atoms with Gasteiger partial charge in [-0.05, 0) is 41.4 Å². The van der Waals surface area contributed by atoms with Crippen LogP contribution in [0.2, 0.25) is 0 Å². The second kappa shape index (κ2) is 4.97. The summed E-state index contributed by atoms with van der Waals surface area (Å²) >= 11 is 4.98. The first-order valence-electron chi connectivity index (χ1n) is 4.97. The van der Waals surface area contributed by atoms with Crippen LogP contribution in [-0.4, -0.2) is 27.8 Å². The Bertz CT molecular complexity index is 530. The zero-order valence-corrected chi connectivity index (χ0v) is 11.7. The Morgan fingerprint density at radius 2 is 2.41 bits per heavy atom. The monoisotopic (exact) mass is 315 g/mol. The molecule has 5 nitrogen and oxygen atoms in total. The Kier molecular flexibility index (Phi) is 3.58. The SMILES string of the molecule is CCOC(=O)c1n[nH]c(-c2cc(C)c(Br)s2)n1. The Hall–Kier alpha value is -1.21. The van der Waals surface area contributed by atoms with Gasteiger partial charge in [-0.3, -0.25) is 5.10 Å². The van der Waals surface area contributed by atoms with Crippen molar-refractivity contribution in [2.45, 2.75) is 13.8 Å². The molecule has 2 heterocycles. The van der Waals surface area contributed by atoms with Crippen LogP contribution in [0, 0.1) is 6.92 Å². The minimum atomic E-state index is -0.512. The molecule has 0 saturated carbocycles. The van der Waals surface area contributed by atoms with Crippen LogP contribution in [0.5, 0.6) is 0 Å². The van der Waals surface area contributed by atoms with Crippen molar-refractivity contribution in [3.63, 3.8) is 0 Å². The van der Waals surface area contributed by atoms with Crippen LogP contribution >= 0.6 is 27.3 Å². The van der Waals surface area contributed by atoms with E-state index in [1.54, 1.807) is 6.92 Å². The summed E-state index contributed by atoms with van der Waals surface area (Å²) in [4.78, 5) is 16.4. The predicted octanol–water partition coefficient (Wildman–Crippen LogP) is 2.78. The van der Waals surface area contributed by atoms with E-state index in [-0.39, 0.29) is 5.82 Å². The molecule has 0 unspecified atom stereocenters. The third kappa shape index (κ3) is 2.55. The molecule has 0 fully saturated rings. The number of hydrogen-bond acceptors (Lipinski definition) is 5. The number of rotatable bonds is 3.